The normalized spacial score (nSPS) is 16.6. The summed E-state index contributed by atoms with van der Waals surface area (Å²) in [5.74, 6) is -1.68. The minimum absolute atomic E-state index is 0.0206. The maximum atomic E-state index is 13.3. The van der Waals surface area contributed by atoms with Gasteiger partial charge >= 0.3 is 5.97 Å². The molecule has 1 fully saturated rings. The monoisotopic (exact) mass is 514 g/mol. The highest BCUT2D eigenvalue weighted by Crippen LogP contribution is 2.40. The number of benzene rings is 2. The third-order valence-corrected chi connectivity index (χ3v) is 6.01. The number of aliphatic hydroxyl groups is 1. The molecule has 0 saturated carbocycles. The molecule has 8 nitrogen and oxygen atoms in total. The number of hydrogen-bond donors (Lipinski definition) is 1. The summed E-state index contributed by atoms with van der Waals surface area (Å²) in [6, 6.07) is 16.1. The Hall–Kier alpha value is -4.46. The second kappa shape index (κ2) is 11.7. The van der Waals surface area contributed by atoms with Crippen molar-refractivity contribution in [2.45, 2.75) is 45.9 Å². The van der Waals surface area contributed by atoms with Crippen molar-refractivity contribution < 1.29 is 29.0 Å². The van der Waals surface area contributed by atoms with Crippen LogP contribution in [0.3, 0.4) is 0 Å². The molecular weight excluding hydrogens is 484 g/mol. The van der Waals surface area contributed by atoms with Gasteiger partial charge in [0.05, 0.1) is 29.9 Å². The van der Waals surface area contributed by atoms with Gasteiger partial charge in [0.1, 0.15) is 11.5 Å². The van der Waals surface area contributed by atoms with Crippen molar-refractivity contribution in [3.05, 3.63) is 101 Å². The van der Waals surface area contributed by atoms with E-state index in [2.05, 4.69) is 4.98 Å². The number of carbonyl (C=O) groups excluding carboxylic acids is 3. The summed E-state index contributed by atoms with van der Waals surface area (Å²) in [7, 11) is 0. The number of nitrogens with zero attached hydrogens (tertiary/aromatic N) is 2. The zero-order valence-corrected chi connectivity index (χ0v) is 21.6. The van der Waals surface area contributed by atoms with Crippen LogP contribution in [0, 0.1) is 0 Å². The van der Waals surface area contributed by atoms with E-state index in [0.29, 0.717) is 34.6 Å². The van der Waals surface area contributed by atoms with Crippen LogP contribution >= 0.6 is 0 Å². The molecule has 1 aliphatic heterocycles. The zero-order valence-electron chi connectivity index (χ0n) is 21.6. The number of hydrogen-bond acceptors (Lipinski definition) is 7. The Balaban J connectivity index is 1.71. The molecule has 4 rings (SSSR count). The molecular formula is C30H30N2O6. The van der Waals surface area contributed by atoms with Gasteiger partial charge in [0.2, 0.25) is 0 Å². The van der Waals surface area contributed by atoms with Crippen LogP contribution in [0.15, 0.2) is 78.6 Å². The molecule has 38 heavy (non-hydrogen) atoms. The smallest absolute Gasteiger partial charge is 0.338 e. The molecule has 1 saturated heterocycles. The number of pyridine rings is 1. The lowest BCUT2D eigenvalue weighted by Gasteiger charge is -2.25. The van der Waals surface area contributed by atoms with E-state index in [1.54, 1.807) is 86.9 Å². The number of amides is 1. The summed E-state index contributed by atoms with van der Waals surface area (Å²) in [5.41, 5.74) is 2.03. The first-order valence-electron chi connectivity index (χ1n) is 12.5. The van der Waals surface area contributed by atoms with Crippen LogP contribution in [0.5, 0.6) is 5.75 Å². The van der Waals surface area contributed by atoms with Gasteiger partial charge in [-0.3, -0.25) is 14.6 Å². The number of carbonyl (C=O) groups is 3. The highest BCUT2D eigenvalue weighted by molar-refractivity contribution is 6.46. The van der Waals surface area contributed by atoms with Crippen LogP contribution in [0.25, 0.3) is 5.76 Å². The van der Waals surface area contributed by atoms with Crippen molar-refractivity contribution in [3.63, 3.8) is 0 Å². The molecule has 1 atom stereocenters. The molecule has 1 aromatic heterocycles. The van der Waals surface area contributed by atoms with Crippen LogP contribution in [0.2, 0.25) is 0 Å². The van der Waals surface area contributed by atoms with Crippen LogP contribution < -0.4 is 4.74 Å². The molecule has 1 N–H and O–H groups in total. The molecule has 2 aromatic carbocycles. The SMILES string of the molecule is CCCOc1cccc(/C(O)=C2\C(=O)C(=O)N(Cc3ccc(C(=O)OC(C)C)cc3)C2c2cccnc2)c1. The van der Waals surface area contributed by atoms with Gasteiger partial charge in [0.25, 0.3) is 11.7 Å². The number of ketones is 1. The van der Waals surface area contributed by atoms with Gasteiger partial charge < -0.3 is 19.5 Å². The van der Waals surface area contributed by atoms with Crippen molar-refractivity contribution in [2.24, 2.45) is 0 Å². The fourth-order valence-electron chi connectivity index (χ4n) is 4.26. The molecule has 8 heteroatoms. The highest BCUT2D eigenvalue weighted by atomic mass is 16.5. The van der Waals surface area contributed by atoms with Gasteiger partial charge in [-0.2, -0.15) is 0 Å². The van der Waals surface area contributed by atoms with E-state index in [4.69, 9.17) is 9.47 Å². The minimum Gasteiger partial charge on any atom is -0.507 e. The molecule has 0 radical (unpaired) electrons. The Kier molecular flexibility index (Phi) is 8.21. The summed E-state index contributed by atoms with van der Waals surface area (Å²) in [6.45, 7) is 6.13. The molecule has 3 aromatic rings. The number of esters is 1. The lowest BCUT2D eigenvalue weighted by Crippen LogP contribution is -2.29. The Bertz CT molecular complexity index is 1350. The zero-order chi connectivity index (χ0) is 27.2. The van der Waals surface area contributed by atoms with E-state index in [1.807, 2.05) is 6.92 Å². The second-order valence-corrected chi connectivity index (χ2v) is 9.24. The maximum absolute atomic E-state index is 13.3. The number of ether oxygens (including phenoxy) is 2. The lowest BCUT2D eigenvalue weighted by atomic mass is 9.96. The topological polar surface area (TPSA) is 106 Å². The fraction of sp³-hybridized carbons (Fsp3) is 0.267. The fourth-order valence-corrected chi connectivity index (χ4v) is 4.26. The van der Waals surface area contributed by atoms with Crippen molar-refractivity contribution in [1.82, 2.24) is 9.88 Å². The van der Waals surface area contributed by atoms with E-state index in [0.717, 1.165) is 6.42 Å². The van der Waals surface area contributed by atoms with Crippen molar-refractivity contribution in [1.29, 1.82) is 0 Å². The van der Waals surface area contributed by atoms with Crippen LogP contribution in [0.1, 0.15) is 60.3 Å². The quantitative estimate of drug-likeness (QED) is 0.184. The lowest BCUT2D eigenvalue weighted by molar-refractivity contribution is -0.140. The Labute approximate surface area is 221 Å². The molecule has 1 aliphatic rings. The standard InChI is InChI=1S/C30H30N2O6/c1-4-15-37-24-9-5-7-22(16-24)27(33)25-26(23-8-6-14-31-17-23)32(29(35)28(25)34)18-20-10-12-21(13-11-20)30(36)38-19(2)3/h5-14,16-17,19,26,33H,4,15,18H2,1-3H3/b27-25+. The Morgan fingerprint density at radius 1 is 1.05 bits per heavy atom. The third kappa shape index (κ3) is 5.75. The average Bonchev–Trinajstić information content (AvgIpc) is 3.17. The summed E-state index contributed by atoms with van der Waals surface area (Å²) in [4.78, 5) is 44.3. The average molecular weight is 515 g/mol. The summed E-state index contributed by atoms with van der Waals surface area (Å²) in [6.07, 6.45) is 3.75. The van der Waals surface area contributed by atoms with Gasteiger partial charge in [-0.05, 0) is 61.7 Å². The number of Topliss-reactive ketones (excluding diaryl/α,β-unsaturated/α-hetero) is 1. The Morgan fingerprint density at radius 2 is 1.82 bits per heavy atom. The van der Waals surface area contributed by atoms with E-state index in [1.165, 1.54) is 4.90 Å². The second-order valence-electron chi connectivity index (χ2n) is 9.24. The third-order valence-electron chi connectivity index (χ3n) is 6.01. The van der Waals surface area contributed by atoms with E-state index in [-0.39, 0.29) is 24.0 Å². The van der Waals surface area contributed by atoms with Gasteiger partial charge in [0.15, 0.2) is 0 Å². The van der Waals surface area contributed by atoms with Crippen LogP contribution in [-0.4, -0.2) is 45.4 Å². The predicted octanol–water partition coefficient (Wildman–Crippen LogP) is 5.06. The molecule has 0 bridgehead atoms. The van der Waals surface area contributed by atoms with Crippen LogP contribution in [0.4, 0.5) is 0 Å². The highest BCUT2D eigenvalue weighted by Gasteiger charge is 2.46. The van der Waals surface area contributed by atoms with Gasteiger partial charge in [-0.1, -0.05) is 37.3 Å². The molecule has 1 amide bonds. The van der Waals surface area contributed by atoms with Gasteiger partial charge in [-0.15, -0.1) is 0 Å². The number of rotatable bonds is 9. The summed E-state index contributed by atoms with van der Waals surface area (Å²) < 4.78 is 10.9. The van der Waals surface area contributed by atoms with Crippen molar-refractivity contribution in [2.75, 3.05) is 6.61 Å². The van der Waals surface area contributed by atoms with Gasteiger partial charge in [0, 0.05) is 24.5 Å². The van der Waals surface area contributed by atoms with Crippen molar-refractivity contribution in [3.8, 4) is 5.75 Å². The molecule has 2 heterocycles. The van der Waals surface area contributed by atoms with Gasteiger partial charge in [-0.25, -0.2) is 4.79 Å². The largest absolute Gasteiger partial charge is 0.507 e. The molecule has 196 valence electrons. The Morgan fingerprint density at radius 3 is 2.47 bits per heavy atom. The molecule has 0 aliphatic carbocycles. The van der Waals surface area contributed by atoms with Crippen LogP contribution in [-0.2, 0) is 20.9 Å². The maximum Gasteiger partial charge on any atom is 0.338 e. The summed E-state index contributed by atoms with van der Waals surface area (Å²) in [5, 5.41) is 11.3. The van der Waals surface area contributed by atoms with E-state index in [9.17, 15) is 19.5 Å². The summed E-state index contributed by atoms with van der Waals surface area (Å²) >= 11 is 0. The number of aliphatic hydroxyl groups excluding tert-OH is 1. The molecule has 0 spiro atoms. The minimum atomic E-state index is -0.852. The van der Waals surface area contributed by atoms with Crippen molar-refractivity contribution >= 4 is 23.4 Å². The number of likely N-dealkylation sites (tertiary alicyclic amines) is 1. The first kappa shape index (κ1) is 26.6. The first-order chi connectivity index (χ1) is 18.3. The predicted molar refractivity (Wildman–Crippen MR) is 141 cm³/mol. The van der Waals surface area contributed by atoms with E-state index < -0.39 is 23.7 Å². The first-order valence-corrected chi connectivity index (χ1v) is 12.5. The van der Waals surface area contributed by atoms with E-state index >= 15 is 0 Å². The molecule has 1 unspecified atom stereocenters. The number of aromatic nitrogens is 1.